The number of rotatable bonds is 6. The van der Waals surface area contributed by atoms with Crippen molar-refractivity contribution < 1.29 is 14.4 Å². The van der Waals surface area contributed by atoms with Crippen molar-refractivity contribution in [2.45, 2.75) is 45.1 Å². The maximum absolute atomic E-state index is 12.3. The molecule has 1 aromatic rings. The van der Waals surface area contributed by atoms with Gasteiger partial charge in [-0.2, -0.15) is 11.8 Å². The lowest BCUT2D eigenvalue weighted by atomic mass is 10.1. The van der Waals surface area contributed by atoms with Gasteiger partial charge in [-0.25, -0.2) is 0 Å². The van der Waals surface area contributed by atoms with Gasteiger partial charge in [0.2, 0.25) is 17.7 Å². The molecule has 2 aliphatic rings. The number of hydrogen-bond acceptors (Lipinski definition) is 4. The minimum atomic E-state index is -0.577. The highest BCUT2D eigenvalue weighted by atomic mass is 32.2. The van der Waals surface area contributed by atoms with Crippen LogP contribution in [0.15, 0.2) is 24.3 Å². The zero-order chi connectivity index (χ0) is 19.9. The van der Waals surface area contributed by atoms with E-state index in [0.717, 1.165) is 55.8 Å². The van der Waals surface area contributed by atoms with Crippen LogP contribution in [0.5, 0.6) is 0 Å². The molecule has 1 aromatic carbocycles. The number of carbonyl (C=O) groups is 3. The second-order valence-electron chi connectivity index (χ2n) is 7.57. The Morgan fingerprint density at radius 3 is 2.39 bits per heavy atom. The van der Waals surface area contributed by atoms with E-state index in [2.05, 4.69) is 10.6 Å². The summed E-state index contributed by atoms with van der Waals surface area (Å²) in [7, 11) is 0. The predicted octanol–water partition coefficient (Wildman–Crippen LogP) is 2.44. The minimum Gasteiger partial charge on any atom is -0.344 e. The smallest absolute Gasteiger partial charge is 0.246 e. The molecule has 2 N–H and O–H groups in total. The summed E-state index contributed by atoms with van der Waals surface area (Å²) >= 11 is 1.88. The summed E-state index contributed by atoms with van der Waals surface area (Å²) in [4.78, 5) is 38.8. The van der Waals surface area contributed by atoms with Crippen LogP contribution >= 0.6 is 11.8 Å². The number of nitrogens with one attached hydrogen (secondary N) is 2. The van der Waals surface area contributed by atoms with Gasteiger partial charge in [-0.3, -0.25) is 14.4 Å². The molecule has 28 heavy (non-hydrogen) atoms. The van der Waals surface area contributed by atoms with E-state index in [1.165, 1.54) is 0 Å². The quantitative estimate of drug-likeness (QED) is 0.765. The molecular weight excluding hydrogens is 374 g/mol. The SMILES string of the molecule is CC(NC(=O)C1CCCC1)C(=O)Nc1ccc(CC(=O)N2CCSCC2)cc1. The highest BCUT2D eigenvalue weighted by molar-refractivity contribution is 7.99. The Morgan fingerprint density at radius 2 is 1.75 bits per heavy atom. The van der Waals surface area contributed by atoms with Crippen molar-refractivity contribution in [3.8, 4) is 0 Å². The van der Waals surface area contributed by atoms with Crippen LogP contribution in [0.1, 0.15) is 38.2 Å². The number of anilines is 1. The molecule has 1 saturated carbocycles. The third-order valence-corrected chi connectivity index (χ3v) is 6.36. The molecule has 0 radical (unpaired) electrons. The van der Waals surface area contributed by atoms with E-state index in [4.69, 9.17) is 0 Å². The van der Waals surface area contributed by atoms with Crippen LogP contribution in [0, 0.1) is 5.92 Å². The first-order valence-electron chi connectivity index (χ1n) is 10.1. The number of nitrogens with zero attached hydrogens (tertiary/aromatic N) is 1. The molecule has 3 amide bonds. The van der Waals surface area contributed by atoms with E-state index in [1.54, 1.807) is 19.1 Å². The van der Waals surface area contributed by atoms with Gasteiger partial charge in [-0.15, -0.1) is 0 Å². The van der Waals surface area contributed by atoms with Crippen LogP contribution < -0.4 is 10.6 Å². The van der Waals surface area contributed by atoms with Gasteiger partial charge in [0.1, 0.15) is 6.04 Å². The maximum Gasteiger partial charge on any atom is 0.246 e. The summed E-state index contributed by atoms with van der Waals surface area (Å²) in [5.41, 5.74) is 1.60. The van der Waals surface area contributed by atoms with E-state index in [-0.39, 0.29) is 23.6 Å². The molecule has 152 valence electrons. The van der Waals surface area contributed by atoms with E-state index in [9.17, 15) is 14.4 Å². The zero-order valence-electron chi connectivity index (χ0n) is 16.4. The molecular formula is C21H29N3O3S. The van der Waals surface area contributed by atoms with Crippen molar-refractivity contribution >= 4 is 35.2 Å². The molecule has 3 rings (SSSR count). The average Bonchev–Trinajstić information content (AvgIpc) is 3.25. The number of benzene rings is 1. The normalized spacial score (nSPS) is 18.5. The monoisotopic (exact) mass is 403 g/mol. The fraction of sp³-hybridized carbons (Fsp3) is 0.571. The lowest BCUT2D eigenvalue weighted by Crippen LogP contribution is -2.43. The van der Waals surface area contributed by atoms with E-state index in [1.807, 2.05) is 28.8 Å². The van der Waals surface area contributed by atoms with Crippen LogP contribution in [0.2, 0.25) is 0 Å². The zero-order valence-corrected chi connectivity index (χ0v) is 17.2. The Kier molecular flexibility index (Phi) is 7.36. The standard InChI is InChI=1S/C21H29N3O3S/c1-15(22-21(27)17-4-2-3-5-17)20(26)23-18-8-6-16(7-9-18)14-19(25)24-10-12-28-13-11-24/h6-9,15,17H,2-5,10-14H2,1H3,(H,22,27)(H,23,26). The van der Waals surface area contributed by atoms with Crippen LogP contribution in [0.25, 0.3) is 0 Å². The first-order chi connectivity index (χ1) is 13.5. The largest absolute Gasteiger partial charge is 0.344 e. The molecule has 1 atom stereocenters. The number of hydrogen-bond donors (Lipinski definition) is 2. The molecule has 1 heterocycles. The van der Waals surface area contributed by atoms with E-state index >= 15 is 0 Å². The van der Waals surface area contributed by atoms with Gasteiger partial charge in [-0.05, 0) is 37.5 Å². The fourth-order valence-electron chi connectivity index (χ4n) is 3.64. The lowest BCUT2D eigenvalue weighted by molar-refractivity contribution is -0.130. The van der Waals surface area contributed by atoms with Gasteiger partial charge in [0, 0.05) is 36.2 Å². The molecule has 7 heteroatoms. The van der Waals surface area contributed by atoms with Gasteiger partial charge in [0.15, 0.2) is 0 Å². The van der Waals surface area contributed by atoms with E-state index < -0.39 is 6.04 Å². The topological polar surface area (TPSA) is 78.5 Å². The fourth-order valence-corrected chi connectivity index (χ4v) is 4.54. The molecule has 0 aromatic heterocycles. The Hall–Kier alpha value is -2.02. The highest BCUT2D eigenvalue weighted by Crippen LogP contribution is 2.24. The Bertz CT molecular complexity index is 695. The Balaban J connectivity index is 1.46. The molecule has 2 fully saturated rings. The summed E-state index contributed by atoms with van der Waals surface area (Å²) in [6, 6.07) is 6.77. The van der Waals surface area contributed by atoms with Crippen LogP contribution in [-0.4, -0.2) is 53.3 Å². The van der Waals surface area contributed by atoms with Gasteiger partial charge in [0.25, 0.3) is 0 Å². The van der Waals surface area contributed by atoms with Gasteiger partial charge in [-0.1, -0.05) is 25.0 Å². The van der Waals surface area contributed by atoms with Crippen molar-refractivity contribution in [3.05, 3.63) is 29.8 Å². The van der Waals surface area contributed by atoms with Crippen molar-refractivity contribution in [3.63, 3.8) is 0 Å². The molecule has 0 spiro atoms. The third kappa shape index (κ3) is 5.74. The molecule has 6 nitrogen and oxygen atoms in total. The minimum absolute atomic E-state index is 0.0230. The second-order valence-corrected chi connectivity index (χ2v) is 8.79. The molecule has 0 bridgehead atoms. The van der Waals surface area contributed by atoms with Gasteiger partial charge >= 0.3 is 0 Å². The number of thioether (sulfide) groups is 1. The van der Waals surface area contributed by atoms with Gasteiger partial charge < -0.3 is 15.5 Å². The summed E-state index contributed by atoms with van der Waals surface area (Å²) in [6.07, 6.45) is 4.38. The van der Waals surface area contributed by atoms with Crippen molar-refractivity contribution in [2.24, 2.45) is 5.92 Å². The van der Waals surface area contributed by atoms with E-state index in [0.29, 0.717) is 12.1 Å². The Morgan fingerprint density at radius 1 is 1.11 bits per heavy atom. The van der Waals surface area contributed by atoms with Gasteiger partial charge in [0.05, 0.1) is 6.42 Å². The predicted molar refractivity (Wildman–Crippen MR) is 112 cm³/mol. The van der Waals surface area contributed by atoms with Crippen LogP contribution in [-0.2, 0) is 20.8 Å². The maximum atomic E-state index is 12.3. The average molecular weight is 404 g/mol. The van der Waals surface area contributed by atoms with Crippen molar-refractivity contribution in [1.82, 2.24) is 10.2 Å². The third-order valence-electron chi connectivity index (χ3n) is 5.42. The molecule has 1 unspecified atom stereocenters. The second kappa shape index (κ2) is 9.96. The van der Waals surface area contributed by atoms with Crippen molar-refractivity contribution in [1.29, 1.82) is 0 Å². The summed E-state index contributed by atoms with van der Waals surface area (Å²) in [5.74, 6) is 1.95. The van der Waals surface area contributed by atoms with Crippen LogP contribution in [0.3, 0.4) is 0 Å². The molecule has 1 aliphatic carbocycles. The number of amides is 3. The highest BCUT2D eigenvalue weighted by Gasteiger charge is 2.25. The summed E-state index contributed by atoms with van der Waals surface area (Å²) in [6.45, 7) is 3.34. The number of carbonyl (C=O) groups excluding carboxylic acids is 3. The first-order valence-corrected chi connectivity index (χ1v) is 11.2. The summed E-state index contributed by atoms with van der Waals surface area (Å²) in [5, 5.41) is 5.64. The van der Waals surface area contributed by atoms with Crippen molar-refractivity contribution in [2.75, 3.05) is 29.9 Å². The van der Waals surface area contributed by atoms with Crippen LogP contribution in [0.4, 0.5) is 5.69 Å². The molecule has 1 aliphatic heterocycles. The summed E-state index contributed by atoms with van der Waals surface area (Å²) < 4.78 is 0. The first kappa shape index (κ1) is 20.7. The Labute approximate surface area is 170 Å². The lowest BCUT2D eigenvalue weighted by Gasteiger charge is -2.26. The molecule has 1 saturated heterocycles.